The fraction of sp³-hybridized carbons (Fsp3) is 0.357. The van der Waals surface area contributed by atoms with Gasteiger partial charge in [-0.2, -0.15) is 0 Å². The van der Waals surface area contributed by atoms with Crippen LogP contribution < -0.4 is 0 Å². The monoisotopic (exact) mass is 214 g/mol. The van der Waals surface area contributed by atoms with Crippen LogP contribution in [0.4, 0.5) is 0 Å². The summed E-state index contributed by atoms with van der Waals surface area (Å²) in [4.78, 5) is 4.21. The van der Waals surface area contributed by atoms with Crippen LogP contribution in [-0.2, 0) is 13.0 Å². The van der Waals surface area contributed by atoms with E-state index in [-0.39, 0.29) is 0 Å². The van der Waals surface area contributed by atoms with Gasteiger partial charge in [0.05, 0.1) is 6.33 Å². The number of aromatic nitrogens is 2. The molecule has 0 atom stereocenters. The van der Waals surface area contributed by atoms with Crippen molar-refractivity contribution >= 4 is 0 Å². The van der Waals surface area contributed by atoms with Crippen LogP contribution in [0.25, 0.3) is 0 Å². The largest absolute Gasteiger partial charge is 0.335 e. The lowest BCUT2D eigenvalue weighted by molar-refractivity contribution is 0.722. The van der Waals surface area contributed by atoms with Gasteiger partial charge in [-0.1, -0.05) is 18.2 Å². The van der Waals surface area contributed by atoms with E-state index in [9.17, 15) is 0 Å². The summed E-state index contributed by atoms with van der Waals surface area (Å²) in [5, 5.41) is 0. The van der Waals surface area contributed by atoms with Gasteiger partial charge in [-0.15, -0.1) is 0 Å². The lowest BCUT2D eigenvalue weighted by Gasteiger charge is -2.10. The van der Waals surface area contributed by atoms with Gasteiger partial charge in [-0.05, 0) is 37.5 Å². The molecule has 0 aliphatic rings. The zero-order chi connectivity index (χ0) is 11.5. The van der Waals surface area contributed by atoms with Gasteiger partial charge in [0.15, 0.2) is 0 Å². The van der Waals surface area contributed by atoms with Gasteiger partial charge in [0.25, 0.3) is 0 Å². The summed E-state index contributed by atoms with van der Waals surface area (Å²) >= 11 is 0. The quantitative estimate of drug-likeness (QED) is 0.767. The number of aryl methyl sites for hydroxylation is 3. The van der Waals surface area contributed by atoms with Gasteiger partial charge < -0.3 is 4.57 Å². The zero-order valence-electron chi connectivity index (χ0n) is 10.2. The van der Waals surface area contributed by atoms with E-state index in [4.69, 9.17) is 0 Å². The van der Waals surface area contributed by atoms with Crippen molar-refractivity contribution in [3.05, 3.63) is 53.1 Å². The maximum atomic E-state index is 4.21. The van der Waals surface area contributed by atoms with E-state index < -0.39 is 0 Å². The van der Waals surface area contributed by atoms with Crippen LogP contribution in [0.3, 0.4) is 0 Å². The minimum atomic E-state index is 0.979. The van der Waals surface area contributed by atoms with Crippen LogP contribution in [-0.4, -0.2) is 9.55 Å². The van der Waals surface area contributed by atoms with Crippen molar-refractivity contribution in [1.29, 1.82) is 0 Å². The SMILES string of the molecule is CCn1cncc1Cc1c(C)cccc1C. The Bertz CT molecular complexity index is 463. The summed E-state index contributed by atoms with van der Waals surface area (Å²) in [5.41, 5.74) is 5.45. The molecule has 1 aromatic heterocycles. The van der Waals surface area contributed by atoms with Gasteiger partial charge in [-0.3, -0.25) is 0 Å². The molecule has 1 aromatic carbocycles. The molecule has 2 nitrogen and oxygen atoms in total. The van der Waals surface area contributed by atoms with E-state index in [0.29, 0.717) is 0 Å². The number of hydrogen-bond acceptors (Lipinski definition) is 1. The van der Waals surface area contributed by atoms with E-state index in [1.807, 2.05) is 12.5 Å². The zero-order valence-corrected chi connectivity index (χ0v) is 10.2. The fourth-order valence-corrected chi connectivity index (χ4v) is 2.09. The van der Waals surface area contributed by atoms with Gasteiger partial charge in [0.1, 0.15) is 0 Å². The van der Waals surface area contributed by atoms with E-state index in [0.717, 1.165) is 13.0 Å². The second-order valence-corrected chi connectivity index (χ2v) is 4.22. The van der Waals surface area contributed by atoms with Crippen LogP contribution >= 0.6 is 0 Å². The van der Waals surface area contributed by atoms with Crippen LogP contribution in [0, 0.1) is 13.8 Å². The number of imidazole rings is 1. The Kier molecular flexibility index (Phi) is 3.09. The second-order valence-electron chi connectivity index (χ2n) is 4.22. The van der Waals surface area contributed by atoms with E-state index in [1.165, 1.54) is 22.4 Å². The van der Waals surface area contributed by atoms with Crippen molar-refractivity contribution in [3.8, 4) is 0 Å². The summed E-state index contributed by atoms with van der Waals surface area (Å²) in [6, 6.07) is 6.47. The number of nitrogens with zero attached hydrogens (tertiary/aromatic N) is 2. The molecule has 0 N–H and O–H groups in total. The van der Waals surface area contributed by atoms with Gasteiger partial charge in [0.2, 0.25) is 0 Å². The summed E-state index contributed by atoms with van der Waals surface area (Å²) in [6.45, 7) is 7.49. The molecule has 2 aromatic rings. The third-order valence-electron chi connectivity index (χ3n) is 3.14. The smallest absolute Gasteiger partial charge is 0.0948 e. The van der Waals surface area contributed by atoms with Crippen molar-refractivity contribution in [2.75, 3.05) is 0 Å². The first-order chi connectivity index (χ1) is 7.72. The fourth-order valence-electron chi connectivity index (χ4n) is 2.09. The van der Waals surface area contributed by atoms with Crippen molar-refractivity contribution in [2.45, 2.75) is 33.7 Å². The maximum Gasteiger partial charge on any atom is 0.0948 e. The van der Waals surface area contributed by atoms with Crippen LogP contribution in [0.1, 0.15) is 29.3 Å². The molecule has 2 rings (SSSR count). The molecular weight excluding hydrogens is 196 g/mol. The van der Waals surface area contributed by atoms with Gasteiger partial charge in [-0.25, -0.2) is 4.98 Å². The molecule has 0 fully saturated rings. The van der Waals surface area contributed by atoms with Crippen LogP contribution in [0.2, 0.25) is 0 Å². The Hall–Kier alpha value is -1.57. The third-order valence-corrected chi connectivity index (χ3v) is 3.14. The first kappa shape index (κ1) is 10.9. The molecule has 0 saturated carbocycles. The van der Waals surface area contributed by atoms with E-state index >= 15 is 0 Å². The predicted molar refractivity (Wildman–Crippen MR) is 66.6 cm³/mol. The molecule has 84 valence electrons. The normalized spacial score (nSPS) is 10.7. The minimum absolute atomic E-state index is 0.979. The highest BCUT2D eigenvalue weighted by Gasteiger charge is 2.06. The first-order valence-corrected chi connectivity index (χ1v) is 5.76. The molecule has 0 unspecified atom stereocenters. The lowest BCUT2D eigenvalue weighted by atomic mass is 9.99. The standard InChI is InChI=1S/C14H18N2/c1-4-16-10-15-9-13(16)8-14-11(2)6-5-7-12(14)3/h5-7,9-10H,4,8H2,1-3H3. The van der Waals surface area contributed by atoms with Crippen molar-refractivity contribution in [1.82, 2.24) is 9.55 Å². The maximum absolute atomic E-state index is 4.21. The molecule has 1 heterocycles. The molecule has 0 aliphatic carbocycles. The average Bonchev–Trinajstić information content (AvgIpc) is 2.71. The predicted octanol–water partition coefficient (Wildman–Crippen LogP) is 3.11. The number of rotatable bonds is 3. The molecule has 16 heavy (non-hydrogen) atoms. The summed E-state index contributed by atoms with van der Waals surface area (Å²) in [7, 11) is 0. The molecule has 0 amide bonds. The Balaban J connectivity index is 2.34. The van der Waals surface area contributed by atoms with Gasteiger partial charge >= 0.3 is 0 Å². The lowest BCUT2D eigenvalue weighted by Crippen LogP contribution is -2.02. The van der Waals surface area contributed by atoms with Crippen LogP contribution in [0.5, 0.6) is 0 Å². The summed E-state index contributed by atoms with van der Waals surface area (Å²) in [5.74, 6) is 0. The Morgan fingerprint density at radius 3 is 2.50 bits per heavy atom. The minimum Gasteiger partial charge on any atom is -0.335 e. The molecule has 0 spiro atoms. The average molecular weight is 214 g/mol. The molecule has 0 saturated heterocycles. The highest BCUT2D eigenvalue weighted by molar-refractivity contribution is 5.36. The number of hydrogen-bond donors (Lipinski definition) is 0. The number of benzene rings is 1. The van der Waals surface area contributed by atoms with Gasteiger partial charge in [0, 0.05) is 24.9 Å². The molecule has 2 heteroatoms. The van der Waals surface area contributed by atoms with E-state index in [2.05, 4.69) is 48.5 Å². The van der Waals surface area contributed by atoms with E-state index in [1.54, 1.807) is 0 Å². The van der Waals surface area contributed by atoms with Crippen LogP contribution in [0.15, 0.2) is 30.7 Å². The molecule has 0 bridgehead atoms. The van der Waals surface area contributed by atoms with Crippen molar-refractivity contribution in [2.24, 2.45) is 0 Å². The Morgan fingerprint density at radius 2 is 1.88 bits per heavy atom. The third kappa shape index (κ3) is 2.01. The first-order valence-electron chi connectivity index (χ1n) is 5.76. The Morgan fingerprint density at radius 1 is 1.19 bits per heavy atom. The van der Waals surface area contributed by atoms with Crippen molar-refractivity contribution in [3.63, 3.8) is 0 Å². The highest BCUT2D eigenvalue weighted by atomic mass is 15.0. The second kappa shape index (κ2) is 4.52. The molecule has 0 aliphatic heterocycles. The highest BCUT2D eigenvalue weighted by Crippen LogP contribution is 2.17. The summed E-state index contributed by atoms with van der Waals surface area (Å²) in [6.07, 6.45) is 4.85. The molecule has 0 radical (unpaired) electrons. The summed E-state index contributed by atoms with van der Waals surface area (Å²) < 4.78 is 2.20. The van der Waals surface area contributed by atoms with Crippen molar-refractivity contribution < 1.29 is 0 Å². The Labute approximate surface area is 97.0 Å². The molecular formula is C14H18N2. The topological polar surface area (TPSA) is 17.8 Å².